The van der Waals surface area contributed by atoms with Gasteiger partial charge in [0.05, 0.1) is 0 Å². The van der Waals surface area contributed by atoms with Gasteiger partial charge < -0.3 is 15.0 Å². The zero-order chi connectivity index (χ0) is 21.7. The lowest BCUT2D eigenvalue weighted by atomic mass is 9.87. The number of amides is 1. The molecule has 1 saturated heterocycles. The molecule has 1 N–H and O–H groups in total. The fourth-order valence-electron chi connectivity index (χ4n) is 5.69. The zero-order valence-corrected chi connectivity index (χ0v) is 19.3. The van der Waals surface area contributed by atoms with E-state index in [2.05, 4.69) is 22.0 Å². The molecule has 0 spiro atoms. The monoisotopic (exact) mass is 425 g/mol. The standard InChI is InChI=1S/C26H39N3O2/c1-3-5-10-18-29(22-15-19-28(20-22)21-11-6-7-12-21)25(30)26(31-4-2)16-17-27-24-14-9-8-13-23(24)26/h8-9,13-14,16-17,21-22,27H,3-7,10-12,15,18-20H2,1-2H3. The Labute approximate surface area is 187 Å². The molecule has 2 aliphatic heterocycles. The van der Waals surface area contributed by atoms with Crippen LogP contribution in [-0.4, -0.2) is 54.0 Å². The number of unbranched alkanes of at least 4 members (excludes halogenated alkanes) is 2. The summed E-state index contributed by atoms with van der Waals surface area (Å²) in [7, 11) is 0. The summed E-state index contributed by atoms with van der Waals surface area (Å²) in [5.74, 6) is 0.105. The topological polar surface area (TPSA) is 44.8 Å². The van der Waals surface area contributed by atoms with E-state index in [4.69, 9.17) is 4.74 Å². The van der Waals surface area contributed by atoms with E-state index in [1.807, 2.05) is 43.5 Å². The maximum atomic E-state index is 14.3. The Morgan fingerprint density at radius 3 is 2.77 bits per heavy atom. The van der Waals surface area contributed by atoms with Crippen molar-refractivity contribution in [2.45, 2.75) is 82.9 Å². The molecule has 0 radical (unpaired) electrons. The van der Waals surface area contributed by atoms with Crippen LogP contribution in [-0.2, 0) is 15.1 Å². The third-order valence-corrected chi connectivity index (χ3v) is 7.31. The van der Waals surface area contributed by atoms with Gasteiger partial charge in [0.15, 0.2) is 5.60 Å². The Balaban J connectivity index is 1.61. The van der Waals surface area contributed by atoms with Crippen molar-refractivity contribution < 1.29 is 9.53 Å². The van der Waals surface area contributed by atoms with Crippen LogP contribution < -0.4 is 5.32 Å². The van der Waals surface area contributed by atoms with Crippen molar-refractivity contribution in [3.05, 3.63) is 42.1 Å². The molecule has 1 saturated carbocycles. The van der Waals surface area contributed by atoms with E-state index in [1.165, 1.54) is 25.7 Å². The summed E-state index contributed by atoms with van der Waals surface area (Å²) in [6.07, 6.45) is 13.6. The molecule has 170 valence electrons. The molecule has 0 aromatic heterocycles. The minimum atomic E-state index is -1.04. The van der Waals surface area contributed by atoms with E-state index in [0.29, 0.717) is 6.61 Å². The van der Waals surface area contributed by atoms with E-state index in [-0.39, 0.29) is 11.9 Å². The van der Waals surface area contributed by atoms with Gasteiger partial charge in [-0.3, -0.25) is 9.69 Å². The Hall–Kier alpha value is -1.85. The average molecular weight is 426 g/mol. The quantitative estimate of drug-likeness (QED) is 0.572. The Bertz CT molecular complexity index is 774. The number of carbonyl (C=O) groups is 1. The smallest absolute Gasteiger partial charge is 0.263 e. The highest BCUT2D eigenvalue weighted by molar-refractivity contribution is 5.92. The molecule has 1 aromatic carbocycles. The summed E-state index contributed by atoms with van der Waals surface area (Å²) >= 11 is 0. The first-order valence-corrected chi connectivity index (χ1v) is 12.4. The Morgan fingerprint density at radius 2 is 2.00 bits per heavy atom. The lowest BCUT2D eigenvalue weighted by Gasteiger charge is -2.40. The maximum Gasteiger partial charge on any atom is 0.263 e. The highest BCUT2D eigenvalue weighted by atomic mass is 16.5. The van der Waals surface area contributed by atoms with Gasteiger partial charge in [-0.05, 0) is 44.7 Å². The van der Waals surface area contributed by atoms with E-state index < -0.39 is 5.60 Å². The van der Waals surface area contributed by atoms with Crippen molar-refractivity contribution in [3.63, 3.8) is 0 Å². The van der Waals surface area contributed by atoms with Gasteiger partial charge in [-0.25, -0.2) is 0 Å². The van der Waals surface area contributed by atoms with Crippen LogP contribution in [0.15, 0.2) is 36.5 Å². The van der Waals surface area contributed by atoms with Gasteiger partial charge in [0.2, 0.25) is 0 Å². The van der Waals surface area contributed by atoms with Gasteiger partial charge in [-0.1, -0.05) is 50.8 Å². The number of hydrogen-bond acceptors (Lipinski definition) is 4. The summed E-state index contributed by atoms with van der Waals surface area (Å²) < 4.78 is 6.30. The number of likely N-dealkylation sites (tertiary alicyclic amines) is 1. The van der Waals surface area contributed by atoms with Crippen molar-refractivity contribution in [2.75, 3.05) is 31.6 Å². The van der Waals surface area contributed by atoms with Crippen LogP contribution in [0.2, 0.25) is 0 Å². The van der Waals surface area contributed by atoms with Gasteiger partial charge in [0.1, 0.15) is 0 Å². The van der Waals surface area contributed by atoms with Crippen molar-refractivity contribution in [1.82, 2.24) is 9.80 Å². The fraction of sp³-hybridized carbons (Fsp3) is 0.654. The minimum absolute atomic E-state index is 0.105. The van der Waals surface area contributed by atoms with Crippen molar-refractivity contribution in [2.24, 2.45) is 0 Å². The Kier molecular flexibility index (Phi) is 7.34. The van der Waals surface area contributed by atoms with E-state index >= 15 is 0 Å². The third-order valence-electron chi connectivity index (χ3n) is 7.31. The average Bonchev–Trinajstić information content (AvgIpc) is 3.49. The molecule has 2 heterocycles. The number of carbonyl (C=O) groups excluding carboxylic acids is 1. The molecule has 1 aromatic rings. The second-order valence-electron chi connectivity index (χ2n) is 9.27. The van der Waals surface area contributed by atoms with Crippen molar-refractivity contribution in [1.29, 1.82) is 0 Å². The molecule has 1 amide bonds. The zero-order valence-electron chi connectivity index (χ0n) is 19.3. The number of nitrogens with zero attached hydrogens (tertiary/aromatic N) is 2. The maximum absolute atomic E-state index is 14.3. The molecule has 2 fully saturated rings. The minimum Gasteiger partial charge on any atom is -0.362 e. The number of benzene rings is 1. The third kappa shape index (κ3) is 4.54. The normalized spacial score (nSPS) is 26.1. The molecule has 2 unspecified atom stereocenters. The summed E-state index contributed by atoms with van der Waals surface area (Å²) in [6.45, 7) is 7.63. The predicted molar refractivity (Wildman–Crippen MR) is 126 cm³/mol. The highest BCUT2D eigenvalue weighted by Gasteiger charge is 2.47. The number of fused-ring (bicyclic) bond motifs is 1. The Morgan fingerprint density at radius 1 is 1.19 bits per heavy atom. The molecule has 3 aliphatic rings. The molecule has 5 nitrogen and oxygen atoms in total. The van der Waals surface area contributed by atoms with Crippen LogP contribution in [0.4, 0.5) is 5.69 Å². The first-order valence-electron chi connectivity index (χ1n) is 12.4. The number of para-hydroxylation sites is 1. The second kappa shape index (κ2) is 10.2. The molecule has 0 bridgehead atoms. The number of anilines is 1. The van der Waals surface area contributed by atoms with E-state index in [9.17, 15) is 4.79 Å². The number of hydrogen-bond donors (Lipinski definition) is 1. The van der Waals surface area contributed by atoms with Crippen LogP contribution in [0.5, 0.6) is 0 Å². The summed E-state index contributed by atoms with van der Waals surface area (Å²) in [6, 6.07) is 9.05. The van der Waals surface area contributed by atoms with Gasteiger partial charge >= 0.3 is 0 Å². The SMILES string of the molecule is CCCCCN(C(=O)C1(OCC)C=CNc2ccccc21)C1CCN(C2CCCC2)C1. The van der Waals surface area contributed by atoms with Crippen LogP contribution in [0.1, 0.15) is 70.8 Å². The molecular weight excluding hydrogens is 386 g/mol. The van der Waals surface area contributed by atoms with Crippen molar-refractivity contribution >= 4 is 11.6 Å². The lowest BCUT2D eigenvalue weighted by molar-refractivity contribution is -0.155. The lowest BCUT2D eigenvalue weighted by Crippen LogP contribution is -2.53. The number of rotatable bonds is 9. The van der Waals surface area contributed by atoms with Crippen LogP contribution in [0, 0.1) is 0 Å². The van der Waals surface area contributed by atoms with Gasteiger partial charge in [0.25, 0.3) is 5.91 Å². The fourth-order valence-corrected chi connectivity index (χ4v) is 5.69. The first kappa shape index (κ1) is 22.3. The summed E-state index contributed by atoms with van der Waals surface area (Å²) in [5.41, 5.74) is 0.846. The van der Waals surface area contributed by atoms with Crippen molar-refractivity contribution in [3.8, 4) is 0 Å². The van der Waals surface area contributed by atoms with Gasteiger partial charge in [-0.2, -0.15) is 0 Å². The molecule has 31 heavy (non-hydrogen) atoms. The summed E-state index contributed by atoms with van der Waals surface area (Å²) in [5, 5.41) is 3.30. The number of nitrogens with one attached hydrogen (secondary N) is 1. The van der Waals surface area contributed by atoms with E-state index in [0.717, 1.165) is 62.6 Å². The first-order chi connectivity index (χ1) is 15.2. The molecule has 5 heteroatoms. The largest absolute Gasteiger partial charge is 0.362 e. The molecule has 4 rings (SSSR count). The van der Waals surface area contributed by atoms with Crippen LogP contribution in [0.3, 0.4) is 0 Å². The summed E-state index contributed by atoms with van der Waals surface area (Å²) in [4.78, 5) is 19.1. The van der Waals surface area contributed by atoms with E-state index in [1.54, 1.807) is 0 Å². The van der Waals surface area contributed by atoms with Crippen LogP contribution >= 0.6 is 0 Å². The number of ether oxygens (including phenoxy) is 1. The second-order valence-corrected chi connectivity index (χ2v) is 9.27. The van der Waals surface area contributed by atoms with Gasteiger partial charge in [0, 0.05) is 55.8 Å². The molecule has 1 aliphatic carbocycles. The molecule has 2 atom stereocenters. The van der Waals surface area contributed by atoms with Gasteiger partial charge in [-0.15, -0.1) is 0 Å². The highest BCUT2D eigenvalue weighted by Crippen LogP contribution is 2.39. The van der Waals surface area contributed by atoms with Crippen LogP contribution in [0.25, 0.3) is 0 Å². The molecular formula is C26H39N3O2. The predicted octanol–water partition coefficient (Wildman–Crippen LogP) is 4.89.